The normalized spacial score (nSPS) is 14.4. The van der Waals surface area contributed by atoms with Gasteiger partial charge in [0.25, 0.3) is 5.91 Å². The summed E-state index contributed by atoms with van der Waals surface area (Å²) in [6.07, 6.45) is 0.870. The van der Waals surface area contributed by atoms with Gasteiger partial charge in [-0.15, -0.1) is 0 Å². The molecule has 0 bridgehead atoms. The molecule has 5 nitrogen and oxygen atoms in total. The quantitative estimate of drug-likeness (QED) is 0.892. The summed E-state index contributed by atoms with van der Waals surface area (Å²) in [5, 5.41) is 6.37. The molecule has 1 aliphatic rings. The summed E-state index contributed by atoms with van der Waals surface area (Å²) in [5.41, 5.74) is 5.38. The number of hydrogen-bond acceptors (Lipinski definition) is 3. The Morgan fingerprint density at radius 1 is 1.33 bits per heavy atom. The number of carbonyl (C=O) groups excluding carboxylic acids is 1. The average molecular weight is 326 g/mol. The zero-order chi connectivity index (χ0) is 17.5. The summed E-state index contributed by atoms with van der Waals surface area (Å²) < 4.78 is 1.90. The van der Waals surface area contributed by atoms with Crippen LogP contribution < -0.4 is 10.6 Å². The van der Waals surface area contributed by atoms with Crippen LogP contribution in [0.4, 0.5) is 5.69 Å². The second kappa shape index (κ2) is 6.06. The molecule has 0 aliphatic carbocycles. The monoisotopic (exact) mass is 326 g/mol. The fourth-order valence-electron chi connectivity index (χ4n) is 3.39. The molecule has 128 valence electrons. The summed E-state index contributed by atoms with van der Waals surface area (Å²) in [5.74, 6) is 0.324. The Labute approximate surface area is 143 Å². The second-order valence-corrected chi connectivity index (χ2v) is 7.50. The van der Waals surface area contributed by atoms with Gasteiger partial charge in [-0.1, -0.05) is 32.9 Å². The minimum Gasteiger partial charge on any atom is -0.326 e. The first-order chi connectivity index (χ1) is 11.3. The standard InChI is InChI=1S/C19H26N4O/c1-12-13(19(2,3)4)7-6-8-14(12)22-18(24)17-21-15-9-10-20-11-16(15)23(17)5/h6-8,20H,9-11H2,1-5H3,(H,22,24). The predicted octanol–water partition coefficient (Wildman–Crippen LogP) is 2.92. The van der Waals surface area contributed by atoms with Crippen LogP contribution in [0.5, 0.6) is 0 Å². The van der Waals surface area contributed by atoms with Crippen molar-refractivity contribution in [1.82, 2.24) is 14.9 Å². The lowest BCUT2D eigenvalue weighted by Gasteiger charge is -2.23. The molecular formula is C19H26N4O. The molecule has 2 aromatic rings. The SMILES string of the molecule is Cc1c(NC(=O)c2nc3c(n2C)CNCC3)cccc1C(C)(C)C. The van der Waals surface area contributed by atoms with Gasteiger partial charge in [0.2, 0.25) is 0 Å². The number of nitrogens with zero attached hydrogens (tertiary/aromatic N) is 2. The molecule has 0 fully saturated rings. The number of fused-ring (bicyclic) bond motifs is 1. The van der Waals surface area contributed by atoms with E-state index in [1.807, 2.05) is 23.7 Å². The summed E-state index contributed by atoms with van der Waals surface area (Å²) in [6, 6.07) is 6.07. The van der Waals surface area contributed by atoms with Gasteiger partial charge in [0.05, 0.1) is 11.4 Å². The maximum atomic E-state index is 12.8. The topological polar surface area (TPSA) is 59.0 Å². The molecule has 0 saturated heterocycles. The minimum absolute atomic E-state index is 0.0405. The van der Waals surface area contributed by atoms with Crippen LogP contribution in [0.15, 0.2) is 18.2 Å². The van der Waals surface area contributed by atoms with E-state index >= 15 is 0 Å². The van der Waals surface area contributed by atoms with Crippen LogP contribution in [0, 0.1) is 6.92 Å². The van der Waals surface area contributed by atoms with E-state index in [0.717, 1.165) is 42.1 Å². The number of amides is 1. The smallest absolute Gasteiger partial charge is 0.291 e. The number of hydrogen-bond donors (Lipinski definition) is 2. The number of anilines is 1. The highest BCUT2D eigenvalue weighted by molar-refractivity contribution is 6.02. The maximum Gasteiger partial charge on any atom is 0.291 e. The van der Waals surface area contributed by atoms with Crippen LogP contribution in [0.25, 0.3) is 0 Å². The summed E-state index contributed by atoms with van der Waals surface area (Å²) in [7, 11) is 1.91. The van der Waals surface area contributed by atoms with Crippen LogP contribution in [0.3, 0.4) is 0 Å². The zero-order valence-electron chi connectivity index (χ0n) is 15.2. The molecule has 1 aromatic heterocycles. The fraction of sp³-hybridized carbons (Fsp3) is 0.474. The molecule has 0 spiro atoms. The zero-order valence-corrected chi connectivity index (χ0v) is 15.2. The van der Waals surface area contributed by atoms with Crippen LogP contribution in [0.2, 0.25) is 0 Å². The van der Waals surface area contributed by atoms with Crippen molar-refractivity contribution in [2.24, 2.45) is 7.05 Å². The number of rotatable bonds is 2. The summed E-state index contributed by atoms with van der Waals surface area (Å²) in [4.78, 5) is 17.3. The van der Waals surface area contributed by atoms with Gasteiger partial charge in [-0.3, -0.25) is 4.79 Å². The molecule has 2 N–H and O–H groups in total. The largest absolute Gasteiger partial charge is 0.326 e. The van der Waals surface area contributed by atoms with Crippen molar-refractivity contribution in [2.75, 3.05) is 11.9 Å². The van der Waals surface area contributed by atoms with E-state index in [4.69, 9.17) is 0 Å². The number of carbonyl (C=O) groups is 1. The number of nitrogens with one attached hydrogen (secondary N) is 2. The highest BCUT2D eigenvalue weighted by Crippen LogP contribution is 2.30. The number of aromatic nitrogens is 2. The highest BCUT2D eigenvalue weighted by Gasteiger charge is 2.23. The van der Waals surface area contributed by atoms with Gasteiger partial charge in [-0.25, -0.2) is 4.98 Å². The summed E-state index contributed by atoms with van der Waals surface area (Å²) in [6.45, 7) is 10.3. The third kappa shape index (κ3) is 2.96. The minimum atomic E-state index is -0.152. The molecule has 24 heavy (non-hydrogen) atoms. The van der Waals surface area contributed by atoms with Crippen molar-refractivity contribution < 1.29 is 4.79 Å². The van der Waals surface area contributed by atoms with Crippen LogP contribution in [-0.2, 0) is 25.4 Å². The molecule has 2 heterocycles. The Balaban J connectivity index is 1.90. The molecular weight excluding hydrogens is 300 g/mol. The van der Waals surface area contributed by atoms with Gasteiger partial charge in [-0.05, 0) is 29.5 Å². The van der Waals surface area contributed by atoms with Crippen molar-refractivity contribution in [2.45, 2.75) is 46.1 Å². The van der Waals surface area contributed by atoms with E-state index < -0.39 is 0 Å². The molecule has 0 radical (unpaired) electrons. The third-order valence-corrected chi connectivity index (χ3v) is 4.72. The Kier molecular flexibility index (Phi) is 4.22. The van der Waals surface area contributed by atoms with Crippen LogP contribution >= 0.6 is 0 Å². The average Bonchev–Trinajstić information content (AvgIpc) is 2.86. The molecule has 1 amide bonds. The van der Waals surface area contributed by atoms with E-state index in [2.05, 4.69) is 49.4 Å². The van der Waals surface area contributed by atoms with Gasteiger partial charge >= 0.3 is 0 Å². The fourth-order valence-corrected chi connectivity index (χ4v) is 3.39. The third-order valence-electron chi connectivity index (χ3n) is 4.72. The molecule has 1 aliphatic heterocycles. The van der Waals surface area contributed by atoms with E-state index in [1.54, 1.807) is 0 Å². The lowest BCUT2D eigenvalue weighted by molar-refractivity contribution is 0.101. The first kappa shape index (κ1) is 16.7. The van der Waals surface area contributed by atoms with E-state index in [1.165, 1.54) is 5.56 Å². The van der Waals surface area contributed by atoms with Gasteiger partial charge < -0.3 is 15.2 Å². The lowest BCUT2D eigenvalue weighted by Crippen LogP contribution is -2.25. The molecule has 3 rings (SSSR count). The second-order valence-electron chi connectivity index (χ2n) is 7.50. The molecule has 0 unspecified atom stereocenters. The van der Waals surface area contributed by atoms with E-state index in [-0.39, 0.29) is 11.3 Å². The predicted molar refractivity (Wildman–Crippen MR) is 96.5 cm³/mol. The van der Waals surface area contributed by atoms with Crippen LogP contribution in [0.1, 0.15) is 53.9 Å². The number of benzene rings is 1. The van der Waals surface area contributed by atoms with Crippen molar-refractivity contribution in [3.63, 3.8) is 0 Å². The Hall–Kier alpha value is -2.14. The number of imidazole rings is 1. The molecule has 0 saturated carbocycles. The first-order valence-corrected chi connectivity index (χ1v) is 8.45. The molecule has 1 aromatic carbocycles. The van der Waals surface area contributed by atoms with Gasteiger partial charge in [0.15, 0.2) is 5.82 Å². The van der Waals surface area contributed by atoms with Crippen molar-refractivity contribution in [3.8, 4) is 0 Å². The van der Waals surface area contributed by atoms with Gasteiger partial charge in [0, 0.05) is 32.2 Å². The lowest BCUT2D eigenvalue weighted by atomic mass is 9.83. The first-order valence-electron chi connectivity index (χ1n) is 8.45. The highest BCUT2D eigenvalue weighted by atomic mass is 16.2. The van der Waals surface area contributed by atoms with E-state index in [9.17, 15) is 4.79 Å². The van der Waals surface area contributed by atoms with Crippen molar-refractivity contribution in [1.29, 1.82) is 0 Å². The maximum absolute atomic E-state index is 12.8. The molecule has 0 atom stereocenters. The molecule has 5 heteroatoms. The van der Waals surface area contributed by atoms with Crippen molar-refractivity contribution >= 4 is 11.6 Å². The summed E-state index contributed by atoms with van der Waals surface area (Å²) >= 11 is 0. The Bertz CT molecular complexity index is 783. The van der Waals surface area contributed by atoms with Gasteiger partial charge in [0.1, 0.15) is 0 Å². The van der Waals surface area contributed by atoms with E-state index in [0.29, 0.717) is 5.82 Å². The Morgan fingerprint density at radius 2 is 2.08 bits per heavy atom. The van der Waals surface area contributed by atoms with Crippen molar-refractivity contribution in [3.05, 3.63) is 46.5 Å². The van der Waals surface area contributed by atoms with Gasteiger partial charge in [-0.2, -0.15) is 0 Å². The Morgan fingerprint density at radius 3 is 2.75 bits per heavy atom. The van der Waals surface area contributed by atoms with Crippen LogP contribution in [-0.4, -0.2) is 22.0 Å².